The van der Waals surface area contributed by atoms with Crippen molar-refractivity contribution < 1.29 is 19.1 Å². The molecule has 0 bridgehead atoms. The normalized spacial score (nSPS) is 14.5. The number of anilines is 2. The van der Waals surface area contributed by atoms with Gasteiger partial charge in [0.05, 0.1) is 46.3 Å². The third-order valence-corrected chi connectivity index (χ3v) is 7.88. The van der Waals surface area contributed by atoms with Crippen LogP contribution in [-0.2, 0) is 22.4 Å². The molecule has 4 N–H and O–H groups in total. The number of carbonyl (C=O) groups excluding carboxylic acids is 3. The molecule has 1 aliphatic heterocycles. The van der Waals surface area contributed by atoms with E-state index in [1.54, 1.807) is 23.3 Å². The topological polar surface area (TPSA) is 141 Å². The maximum atomic E-state index is 13.8. The molecule has 6 rings (SSSR count). The number of carbonyl (C=O) groups is 3. The minimum atomic E-state index is -0.432. The van der Waals surface area contributed by atoms with Gasteiger partial charge in [0, 0.05) is 35.9 Å². The lowest BCUT2D eigenvalue weighted by Gasteiger charge is -2.27. The van der Waals surface area contributed by atoms with E-state index >= 15 is 0 Å². The molecule has 2 aliphatic rings. The van der Waals surface area contributed by atoms with Gasteiger partial charge in [0.25, 0.3) is 0 Å². The smallest absolute Gasteiger partial charge is 0.333 e. The Hall–Kier alpha value is -4.39. The van der Waals surface area contributed by atoms with Crippen LogP contribution in [0.3, 0.4) is 0 Å². The fourth-order valence-electron chi connectivity index (χ4n) is 4.85. The molecule has 0 atom stereocenters. The van der Waals surface area contributed by atoms with E-state index in [-0.39, 0.29) is 5.78 Å². The van der Waals surface area contributed by atoms with Crippen molar-refractivity contribution in [1.29, 1.82) is 0 Å². The van der Waals surface area contributed by atoms with Crippen LogP contribution in [0.15, 0.2) is 48.8 Å². The van der Waals surface area contributed by atoms with E-state index in [4.69, 9.17) is 4.74 Å². The fraction of sp³-hybridized carbons (Fsp3) is 0.222. The molecule has 11 nitrogen and oxygen atoms in total. The Labute approximate surface area is 227 Å². The molecule has 4 heterocycles. The summed E-state index contributed by atoms with van der Waals surface area (Å²) >= 11 is 1.50. The van der Waals surface area contributed by atoms with E-state index in [0.29, 0.717) is 72.2 Å². The Balaban J connectivity index is 1.27. The summed E-state index contributed by atoms with van der Waals surface area (Å²) in [5, 5.41) is 14.8. The van der Waals surface area contributed by atoms with Crippen LogP contribution in [0.25, 0.3) is 21.8 Å². The molecule has 198 valence electrons. The van der Waals surface area contributed by atoms with Gasteiger partial charge in [-0.25, -0.2) is 9.80 Å². The van der Waals surface area contributed by atoms with Gasteiger partial charge in [-0.2, -0.15) is 5.10 Å². The van der Waals surface area contributed by atoms with Crippen LogP contribution in [0.2, 0.25) is 0 Å². The number of hydrazine groups is 1. The molecule has 3 aromatic heterocycles. The van der Waals surface area contributed by atoms with Gasteiger partial charge in [0.1, 0.15) is 5.69 Å². The predicted octanol–water partition coefficient (Wildman–Crippen LogP) is 3.47. The lowest BCUT2D eigenvalue weighted by atomic mass is 10.1. The summed E-state index contributed by atoms with van der Waals surface area (Å²) in [6, 6.07) is 10.7. The molecule has 0 saturated carbocycles. The van der Waals surface area contributed by atoms with Crippen molar-refractivity contribution in [2.24, 2.45) is 0 Å². The lowest BCUT2D eigenvalue weighted by Crippen LogP contribution is -2.49. The summed E-state index contributed by atoms with van der Waals surface area (Å²) in [4.78, 5) is 43.8. The highest BCUT2D eigenvalue weighted by Crippen LogP contribution is 2.46. The third-order valence-electron chi connectivity index (χ3n) is 6.67. The number of fused-ring (bicyclic) bond motifs is 3. The summed E-state index contributed by atoms with van der Waals surface area (Å²) in [6.07, 6.45) is 5.74. The molecule has 39 heavy (non-hydrogen) atoms. The number of H-pyrrole nitrogens is 1. The van der Waals surface area contributed by atoms with Gasteiger partial charge in [0.15, 0.2) is 5.78 Å². The molecule has 0 unspecified atom stereocenters. The van der Waals surface area contributed by atoms with Crippen molar-refractivity contribution in [3.63, 3.8) is 0 Å². The van der Waals surface area contributed by atoms with Gasteiger partial charge in [-0.1, -0.05) is 18.2 Å². The number of hydrogen-bond acceptors (Lipinski definition) is 8. The van der Waals surface area contributed by atoms with E-state index in [2.05, 4.69) is 31.2 Å². The Morgan fingerprint density at radius 2 is 2.00 bits per heavy atom. The first-order valence-corrected chi connectivity index (χ1v) is 13.3. The van der Waals surface area contributed by atoms with Crippen LogP contribution in [0.5, 0.6) is 0 Å². The number of amides is 3. The van der Waals surface area contributed by atoms with Crippen molar-refractivity contribution in [3.05, 3.63) is 70.4 Å². The van der Waals surface area contributed by atoms with Crippen LogP contribution in [0.1, 0.15) is 26.4 Å². The highest BCUT2D eigenvalue weighted by atomic mass is 32.1. The van der Waals surface area contributed by atoms with Crippen LogP contribution in [0, 0.1) is 0 Å². The van der Waals surface area contributed by atoms with Crippen LogP contribution in [0.4, 0.5) is 16.2 Å². The Morgan fingerprint density at radius 1 is 1.13 bits per heavy atom. The number of ether oxygens (including phenoxy) is 1. The van der Waals surface area contributed by atoms with Crippen molar-refractivity contribution in [2.75, 3.05) is 36.9 Å². The number of nitrogens with zero attached hydrogens (tertiary/aromatic N) is 3. The number of benzene rings is 1. The third kappa shape index (κ3) is 4.92. The fourth-order valence-corrected chi connectivity index (χ4v) is 5.97. The quantitative estimate of drug-likeness (QED) is 0.220. The van der Waals surface area contributed by atoms with Gasteiger partial charge in [-0.3, -0.25) is 25.1 Å². The average Bonchev–Trinajstić information content (AvgIpc) is 3.64. The summed E-state index contributed by atoms with van der Waals surface area (Å²) in [7, 11) is 0. The Morgan fingerprint density at radius 3 is 2.79 bits per heavy atom. The monoisotopic (exact) mass is 543 g/mol. The van der Waals surface area contributed by atoms with E-state index in [0.717, 1.165) is 28.2 Å². The van der Waals surface area contributed by atoms with Gasteiger partial charge < -0.3 is 15.4 Å². The maximum Gasteiger partial charge on any atom is 0.333 e. The number of aryl methyl sites for hydroxylation is 2. The van der Waals surface area contributed by atoms with Gasteiger partial charge in [-0.05, 0) is 36.6 Å². The average molecular weight is 544 g/mol. The predicted molar refractivity (Wildman–Crippen MR) is 147 cm³/mol. The first kappa shape index (κ1) is 24.9. The van der Waals surface area contributed by atoms with E-state index < -0.39 is 6.03 Å². The highest BCUT2D eigenvalue weighted by molar-refractivity contribution is 7.16. The largest absolute Gasteiger partial charge is 0.379 e. The molecular weight excluding hydrogens is 518 g/mol. The van der Waals surface area contributed by atoms with E-state index in [9.17, 15) is 14.4 Å². The molecule has 1 saturated heterocycles. The minimum Gasteiger partial charge on any atom is -0.379 e. The summed E-state index contributed by atoms with van der Waals surface area (Å²) < 4.78 is 5.31. The first-order valence-electron chi connectivity index (χ1n) is 12.5. The Kier molecular flexibility index (Phi) is 6.88. The van der Waals surface area contributed by atoms with Crippen molar-refractivity contribution in [1.82, 2.24) is 25.6 Å². The zero-order valence-electron chi connectivity index (χ0n) is 20.8. The number of urea groups is 1. The SMILES string of the molecule is O=CNc1cc(CCc2cccnc2)sc1-c1[nH]nc2c1C(=O)c1c(NC(=O)NN3CCOCC3)cccc1-2. The highest BCUT2D eigenvalue weighted by Gasteiger charge is 2.36. The molecule has 1 aromatic carbocycles. The number of thiophene rings is 1. The second kappa shape index (κ2) is 10.8. The number of aromatic nitrogens is 3. The van der Waals surface area contributed by atoms with E-state index in [1.165, 1.54) is 11.3 Å². The molecule has 1 fully saturated rings. The number of pyridine rings is 1. The molecule has 1 aliphatic carbocycles. The molecular formula is C27H25N7O4S. The minimum absolute atomic E-state index is 0.242. The second-order valence-electron chi connectivity index (χ2n) is 9.12. The Bertz CT molecular complexity index is 1540. The van der Waals surface area contributed by atoms with E-state index in [1.807, 2.05) is 30.5 Å². The summed E-state index contributed by atoms with van der Waals surface area (Å²) in [6.45, 7) is 2.25. The second-order valence-corrected chi connectivity index (χ2v) is 10.3. The zero-order chi connectivity index (χ0) is 26.8. The number of morpholine rings is 1. The van der Waals surface area contributed by atoms with Crippen LogP contribution < -0.4 is 16.1 Å². The van der Waals surface area contributed by atoms with Gasteiger partial charge in [-0.15, -0.1) is 11.3 Å². The van der Waals surface area contributed by atoms with Crippen LogP contribution in [-0.4, -0.2) is 64.7 Å². The summed E-state index contributed by atoms with van der Waals surface area (Å²) in [5.41, 5.74) is 7.43. The number of ketones is 1. The van der Waals surface area contributed by atoms with Gasteiger partial charge >= 0.3 is 6.03 Å². The number of hydrogen-bond donors (Lipinski definition) is 4. The van der Waals surface area contributed by atoms with Gasteiger partial charge in [0.2, 0.25) is 6.41 Å². The van der Waals surface area contributed by atoms with Crippen molar-refractivity contribution in [2.45, 2.75) is 12.8 Å². The maximum absolute atomic E-state index is 13.8. The summed E-state index contributed by atoms with van der Waals surface area (Å²) in [5.74, 6) is -0.242. The first-order chi connectivity index (χ1) is 19.1. The number of rotatable bonds is 8. The molecule has 4 aromatic rings. The number of aromatic amines is 1. The molecule has 12 heteroatoms. The van der Waals surface area contributed by atoms with Crippen molar-refractivity contribution in [3.8, 4) is 21.8 Å². The standard InChI is InChI=1S/C27H25N7O4S/c35-15-29-20-13-17(7-6-16-3-2-8-28-14-16)39-26(20)24-22-23(31-32-24)18-4-1-5-19(21(18)25(22)36)30-27(37)33-34-9-11-38-12-10-34/h1-5,8,13-15H,6-7,9-12H2,(H,29,35)(H,31,32)(H2,30,33,37). The lowest BCUT2D eigenvalue weighted by molar-refractivity contribution is -0.105. The number of nitrogens with one attached hydrogen (secondary N) is 4. The van der Waals surface area contributed by atoms with Crippen molar-refractivity contribution >= 4 is 40.9 Å². The molecule has 0 spiro atoms. The molecule has 0 radical (unpaired) electrons. The van der Waals surface area contributed by atoms with Crippen LogP contribution >= 0.6 is 11.3 Å². The molecule has 3 amide bonds. The zero-order valence-corrected chi connectivity index (χ0v) is 21.6.